The molecule has 1 amide bonds. The van der Waals surface area contributed by atoms with Gasteiger partial charge in [-0.15, -0.1) is 6.58 Å². The molecule has 1 aromatic rings. The Balaban J connectivity index is 2.50. The second kappa shape index (κ2) is 6.48. The van der Waals surface area contributed by atoms with Gasteiger partial charge in [0.15, 0.2) is 0 Å². The van der Waals surface area contributed by atoms with Crippen molar-refractivity contribution in [2.45, 2.75) is 19.4 Å². The predicted octanol–water partition coefficient (Wildman–Crippen LogP) is 3.37. The largest absolute Gasteiger partial charge is 0.341 e. The van der Waals surface area contributed by atoms with Crippen LogP contribution in [0.3, 0.4) is 0 Å². The summed E-state index contributed by atoms with van der Waals surface area (Å²) in [6, 6.07) is 8.00. The number of amides is 1. The fourth-order valence-electron chi connectivity index (χ4n) is 1.37. The van der Waals surface area contributed by atoms with Gasteiger partial charge in [-0.1, -0.05) is 34.1 Å². The zero-order valence-corrected chi connectivity index (χ0v) is 11.0. The maximum atomic E-state index is 11.6. The van der Waals surface area contributed by atoms with Gasteiger partial charge in [-0.05, 0) is 24.1 Å². The molecule has 0 saturated carbocycles. The third-order valence-electron chi connectivity index (χ3n) is 2.32. The van der Waals surface area contributed by atoms with E-state index in [2.05, 4.69) is 22.5 Å². The smallest absolute Gasteiger partial charge is 0.222 e. The van der Waals surface area contributed by atoms with Crippen LogP contribution in [0.1, 0.15) is 18.4 Å². The molecular weight excluding hydrogens is 266 g/mol. The van der Waals surface area contributed by atoms with Gasteiger partial charge >= 0.3 is 0 Å². The van der Waals surface area contributed by atoms with Crippen LogP contribution in [0.5, 0.6) is 0 Å². The van der Waals surface area contributed by atoms with Crippen molar-refractivity contribution >= 4 is 21.8 Å². The van der Waals surface area contributed by atoms with Gasteiger partial charge in [0.05, 0.1) is 0 Å². The summed E-state index contributed by atoms with van der Waals surface area (Å²) < 4.78 is 1.05. The van der Waals surface area contributed by atoms with Gasteiger partial charge in [-0.25, -0.2) is 0 Å². The molecule has 0 N–H and O–H groups in total. The zero-order chi connectivity index (χ0) is 12.0. The minimum absolute atomic E-state index is 0.155. The molecule has 0 bridgehead atoms. The molecule has 16 heavy (non-hydrogen) atoms. The summed E-state index contributed by atoms with van der Waals surface area (Å²) in [5, 5.41) is 0. The van der Waals surface area contributed by atoms with Crippen LogP contribution in [0.15, 0.2) is 41.4 Å². The summed E-state index contributed by atoms with van der Waals surface area (Å²) in [7, 11) is 1.83. The van der Waals surface area contributed by atoms with Crippen molar-refractivity contribution in [3.63, 3.8) is 0 Å². The van der Waals surface area contributed by atoms with Crippen LogP contribution in [0.25, 0.3) is 0 Å². The van der Waals surface area contributed by atoms with Crippen LogP contribution in [0.2, 0.25) is 0 Å². The molecule has 0 atom stereocenters. The van der Waals surface area contributed by atoms with E-state index in [0.717, 1.165) is 16.5 Å². The molecule has 0 unspecified atom stereocenters. The van der Waals surface area contributed by atoms with E-state index in [1.165, 1.54) is 0 Å². The zero-order valence-electron chi connectivity index (χ0n) is 9.45. The Labute approximate surface area is 105 Å². The van der Waals surface area contributed by atoms with Gasteiger partial charge in [-0.2, -0.15) is 0 Å². The normalized spacial score (nSPS) is 9.88. The van der Waals surface area contributed by atoms with Crippen molar-refractivity contribution in [2.24, 2.45) is 0 Å². The van der Waals surface area contributed by atoms with Crippen LogP contribution in [-0.2, 0) is 11.3 Å². The first-order valence-electron chi connectivity index (χ1n) is 5.23. The minimum atomic E-state index is 0.155. The van der Waals surface area contributed by atoms with Crippen molar-refractivity contribution in [2.75, 3.05) is 7.05 Å². The molecule has 0 aromatic heterocycles. The second-order valence-electron chi connectivity index (χ2n) is 3.70. The van der Waals surface area contributed by atoms with E-state index in [4.69, 9.17) is 0 Å². The second-order valence-corrected chi connectivity index (χ2v) is 4.62. The molecule has 0 aliphatic heterocycles. The Morgan fingerprint density at radius 1 is 1.44 bits per heavy atom. The average molecular weight is 282 g/mol. The molecule has 0 spiro atoms. The first-order valence-corrected chi connectivity index (χ1v) is 6.02. The van der Waals surface area contributed by atoms with E-state index in [0.29, 0.717) is 13.0 Å². The van der Waals surface area contributed by atoms with Crippen molar-refractivity contribution in [3.05, 3.63) is 47.0 Å². The molecule has 0 heterocycles. The number of carbonyl (C=O) groups excluding carboxylic acids is 1. The third-order valence-corrected chi connectivity index (χ3v) is 2.85. The van der Waals surface area contributed by atoms with Crippen molar-refractivity contribution in [3.8, 4) is 0 Å². The molecule has 0 aliphatic rings. The fourth-order valence-corrected chi connectivity index (χ4v) is 1.63. The molecule has 1 rings (SSSR count). The molecule has 0 saturated heterocycles. The summed E-state index contributed by atoms with van der Waals surface area (Å²) in [6.07, 6.45) is 3.05. The van der Waals surface area contributed by atoms with Crippen molar-refractivity contribution in [1.82, 2.24) is 4.90 Å². The lowest BCUT2D eigenvalue weighted by Crippen LogP contribution is -2.25. The van der Waals surface area contributed by atoms with Gasteiger partial charge in [0, 0.05) is 24.5 Å². The lowest BCUT2D eigenvalue weighted by Gasteiger charge is -2.16. The molecular formula is C13H16BrNO. The van der Waals surface area contributed by atoms with Crippen LogP contribution in [-0.4, -0.2) is 17.9 Å². The predicted molar refractivity (Wildman–Crippen MR) is 70.0 cm³/mol. The number of rotatable bonds is 5. The van der Waals surface area contributed by atoms with Gasteiger partial charge in [0.1, 0.15) is 0 Å². The molecule has 0 fully saturated rings. The van der Waals surface area contributed by atoms with E-state index < -0.39 is 0 Å². The summed E-state index contributed by atoms with van der Waals surface area (Å²) in [5.74, 6) is 0.155. The molecule has 2 nitrogen and oxygen atoms in total. The first kappa shape index (κ1) is 13.0. The molecule has 1 aromatic carbocycles. The number of allylic oxidation sites excluding steroid dienone is 1. The lowest BCUT2D eigenvalue weighted by atomic mass is 10.2. The monoisotopic (exact) mass is 281 g/mol. The number of benzene rings is 1. The Morgan fingerprint density at radius 3 is 2.62 bits per heavy atom. The van der Waals surface area contributed by atoms with E-state index in [1.54, 1.807) is 11.0 Å². The topological polar surface area (TPSA) is 20.3 Å². The van der Waals surface area contributed by atoms with E-state index in [1.807, 2.05) is 31.3 Å². The highest BCUT2D eigenvalue weighted by molar-refractivity contribution is 9.10. The number of hydrogen-bond acceptors (Lipinski definition) is 1. The Kier molecular flexibility index (Phi) is 5.26. The van der Waals surface area contributed by atoms with Crippen LogP contribution < -0.4 is 0 Å². The van der Waals surface area contributed by atoms with E-state index in [9.17, 15) is 4.79 Å². The highest BCUT2D eigenvalue weighted by atomic mass is 79.9. The minimum Gasteiger partial charge on any atom is -0.341 e. The van der Waals surface area contributed by atoms with E-state index in [-0.39, 0.29) is 5.91 Å². The van der Waals surface area contributed by atoms with Gasteiger partial charge in [-0.3, -0.25) is 4.79 Å². The number of nitrogens with zero attached hydrogens (tertiary/aromatic N) is 1. The van der Waals surface area contributed by atoms with Gasteiger partial charge in [0.2, 0.25) is 5.91 Å². The summed E-state index contributed by atoms with van der Waals surface area (Å²) in [4.78, 5) is 13.4. The number of carbonyl (C=O) groups is 1. The van der Waals surface area contributed by atoms with Crippen LogP contribution in [0, 0.1) is 0 Å². The fraction of sp³-hybridized carbons (Fsp3) is 0.308. The van der Waals surface area contributed by atoms with Crippen molar-refractivity contribution < 1.29 is 4.79 Å². The molecule has 0 radical (unpaired) electrons. The summed E-state index contributed by atoms with van der Waals surface area (Å²) in [5.41, 5.74) is 1.14. The lowest BCUT2D eigenvalue weighted by molar-refractivity contribution is -0.130. The molecule has 86 valence electrons. The van der Waals surface area contributed by atoms with Crippen LogP contribution >= 0.6 is 15.9 Å². The maximum Gasteiger partial charge on any atom is 0.222 e. The Hall–Kier alpha value is -1.09. The van der Waals surface area contributed by atoms with Crippen molar-refractivity contribution in [1.29, 1.82) is 0 Å². The van der Waals surface area contributed by atoms with Gasteiger partial charge in [0.25, 0.3) is 0 Å². The summed E-state index contributed by atoms with van der Waals surface area (Å²) in [6.45, 7) is 4.27. The summed E-state index contributed by atoms with van der Waals surface area (Å²) >= 11 is 3.38. The Morgan fingerprint density at radius 2 is 2.06 bits per heavy atom. The Bertz CT molecular complexity index is 359. The van der Waals surface area contributed by atoms with Crippen LogP contribution in [0.4, 0.5) is 0 Å². The first-order chi connectivity index (χ1) is 7.63. The quantitative estimate of drug-likeness (QED) is 0.758. The SMILES string of the molecule is C=CCCC(=O)N(C)Cc1ccc(Br)cc1. The highest BCUT2D eigenvalue weighted by Gasteiger charge is 2.07. The molecule has 0 aliphatic carbocycles. The van der Waals surface area contributed by atoms with E-state index >= 15 is 0 Å². The maximum absolute atomic E-state index is 11.6. The molecule has 3 heteroatoms. The number of halogens is 1. The average Bonchev–Trinajstić information content (AvgIpc) is 2.29. The van der Waals surface area contributed by atoms with Gasteiger partial charge < -0.3 is 4.90 Å². The number of hydrogen-bond donors (Lipinski definition) is 0. The third kappa shape index (κ3) is 4.19. The highest BCUT2D eigenvalue weighted by Crippen LogP contribution is 2.12. The standard InChI is InChI=1S/C13H16BrNO/c1-3-4-5-13(16)15(2)10-11-6-8-12(14)9-7-11/h3,6-9H,1,4-5,10H2,2H3.